The summed E-state index contributed by atoms with van der Waals surface area (Å²) in [6, 6.07) is 18.4. The van der Waals surface area contributed by atoms with E-state index in [0.717, 1.165) is 35.1 Å². The third kappa shape index (κ3) is 5.07. The van der Waals surface area contributed by atoms with Gasteiger partial charge >= 0.3 is 0 Å². The molecule has 3 aromatic rings. The first-order valence-corrected chi connectivity index (χ1v) is 10.9. The molecule has 1 aromatic heterocycles. The Morgan fingerprint density at radius 1 is 1.14 bits per heavy atom. The van der Waals surface area contributed by atoms with Crippen LogP contribution in [0.1, 0.15) is 37.4 Å². The molecule has 0 saturated heterocycles. The summed E-state index contributed by atoms with van der Waals surface area (Å²) in [5.74, 6) is 1.27. The van der Waals surface area contributed by atoms with E-state index in [0.29, 0.717) is 5.75 Å². The largest absolute Gasteiger partial charge is 0.338 e. The van der Waals surface area contributed by atoms with E-state index in [1.54, 1.807) is 4.90 Å². The number of carbonyl (C=O) groups excluding carboxylic acids is 1. The van der Waals surface area contributed by atoms with E-state index in [-0.39, 0.29) is 11.9 Å². The van der Waals surface area contributed by atoms with Crippen molar-refractivity contribution in [3.8, 4) is 11.4 Å². The standard InChI is InChI=1S/C23H28N4OS/c1-5-14-27-22(20-13-9-10-17(2)15-20)24-25-23(27)29-16-21(28)26(4)18(3)19-11-7-6-8-12-19/h6-13,15,18H,5,14,16H2,1-4H3/t18-/m0/s1. The Morgan fingerprint density at radius 2 is 1.90 bits per heavy atom. The normalized spacial score (nSPS) is 12.0. The first-order chi connectivity index (χ1) is 14.0. The second kappa shape index (κ2) is 9.74. The molecule has 0 fully saturated rings. The topological polar surface area (TPSA) is 51.0 Å². The zero-order chi connectivity index (χ0) is 20.8. The molecule has 0 spiro atoms. The molecule has 3 rings (SSSR count). The number of amides is 1. The van der Waals surface area contributed by atoms with Crippen molar-refractivity contribution >= 4 is 17.7 Å². The molecule has 0 bridgehead atoms. The highest BCUT2D eigenvalue weighted by atomic mass is 32.2. The quantitative estimate of drug-likeness (QED) is 0.494. The summed E-state index contributed by atoms with van der Waals surface area (Å²) in [6.07, 6.45) is 0.976. The second-order valence-corrected chi connectivity index (χ2v) is 8.15. The van der Waals surface area contributed by atoms with E-state index in [1.165, 1.54) is 17.3 Å². The van der Waals surface area contributed by atoms with Crippen molar-refractivity contribution in [1.82, 2.24) is 19.7 Å². The van der Waals surface area contributed by atoms with E-state index in [1.807, 2.05) is 50.4 Å². The maximum atomic E-state index is 12.8. The van der Waals surface area contributed by atoms with Gasteiger partial charge in [0.1, 0.15) is 0 Å². The number of thioether (sulfide) groups is 1. The monoisotopic (exact) mass is 408 g/mol. The van der Waals surface area contributed by atoms with E-state index in [9.17, 15) is 4.79 Å². The maximum absolute atomic E-state index is 12.8. The Hall–Kier alpha value is -2.60. The van der Waals surface area contributed by atoms with Crippen LogP contribution in [0.5, 0.6) is 0 Å². The predicted molar refractivity (Wildman–Crippen MR) is 119 cm³/mol. The minimum absolute atomic E-state index is 0.0284. The highest BCUT2D eigenvalue weighted by Crippen LogP contribution is 2.26. The van der Waals surface area contributed by atoms with Crippen molar-refractivity contribution < 1.29 is 4.79 Å². The molecule has 0 N–H and O–H groups in total. The van der Waals surface area contributed by atoms with E-state index in [4.69, 9.17) is 0 Å². The van der Waals surface area contributed by atoms with Crippen LogP contribution in [-0.4, -0.2) is 38.4 Å². The van der Waals surface area contributed by atoms with Gasteiger partial charge in [0.25, 0.3) is 0 Å². The number of nitrogens with zero attached hydrogens (tertiary/aromatic N) is 4. The molecule has 0 aliphatic heterocycles. The number of aryl methyl sites for hydroxylation is 1. The van der Waals surface area contributed by atoms with E-state index >= 15 is 0 Å². The fraction of sp³-hybridized carbons (Fsp3) is 0.348. The molecule has 0 aliphatic rings. The average Bonchev–Trinajstić information content (AvgIpc) is 3.14. The minimum Gasteiger partial charge on any atom is -0.338 e. The molecule has 29 heavy (non-hydrogen) atoms. The maximum Gasteiger partial charge on any atom is 0.233 e. The van der Waals surface area contributed by atoms with Crippen molar-refractivity contribution in [3.05, 3.63) is 65.7 Å². The molecule has 5 nitrogen and oxygen atoms in total. The zero-order valence-corrected chi connectivity index (χ0v) is 18.3. The van der Waals surface area contributed by atoms with E-state index < -0.39 is 0 Å². The molecule has 1 amide bonds. The number of benzene rings is 2. The molecule has 0 aliphatic carbocycles. The van der Waals surface area contributed by atoms with Gasteiger partial charge in [-0.05, 0) is 31.9 Å². The Bertz CT molecular complexity index is 955. The van der Waals surface area contributed by atoms with Crippen LogP contribution in [-0.2, 0) is 11.3 Å². The first-order valence-electron chi connectivity index (χ1n) is 9.95. The Labute approximate surface area is 177 Å². The molecule has 0 saturated carbocycles. The van der Waals surface area contributed by atoms with Gasteiger partial charge in [0, 0.05) is 19.2 Å². The lowest BCUT2D eigenvalue weighted by atomic mass is 10.1. The van der Waals surface area contributed by atoms with Crippen molar-refractivity contribution in [2.24, 2.45) is 0 Å². The van der Waals surface area contributed by atoms with Crippen LogP contribution in [0.15, 0.2) is 59.8 Å². The second-order valence-electron chi connectivity index (χ2n) is 7.21. The summed E-state index contributed by atoms with van der Waals surface area (Å²) < 4.78 is 2.12. The fourth-order valence-corrected chi connectivity index (χ4v) is 4.11. The molecule has 1 heterocycles. The first kappa shape index (κ1) is 21.1. The van der Waals surface area contributed by atoms with Gasteiger partial charge in [-0.1, -0.05) is 72.8 Å². The molecule has 1 atom stereocenters. The number of hydrogen-bond donors (Lipinski definition) is 0. The van der Waals surface area contributed by atoms with Gasteiger partial charge in [0.15, 0.2) is 11.0 Å². The molecular formula is C23H28N4OS. The Morgan fingerprint density at radius 3 is 2.59 bits per heavy atom. The lowest BCUT2D eigenvalue weighted by Crippen LogP contribution is -2.31. The number of rotatable bonds is 8. The third-order valence-corrected chi connectivity index (χ3v) is 5.97. The third-order valence-electron chi connectivity index (χ3n) is 5.02. The van der Waals surface area contributed by atoms with Crippen LogP contribution in [0.3, 0.4) is 0 Å². The molecular weight excluding hydrogens is 380 g/mol. The summed E-state index contributed by atoms with van der Waals surface area (Å²) in [5, 5.41) is 9.59. The Kier molecular flexibility index (Phi) is 7.09. The lowest BCUT2D eigenvalue weighted by Gasteiger charge is -2.25. The summed E-state index contributed by atoms with van der Waals surface area (Å²) >= 11 is 1.45. The molecule has 2 aromatic carbocycles. The van der Waals surface area contributed by atoms with Crippen LogP contribution < -0.4 is 0 Å². The zero-order valence-electron chi connectivity index (χ0n) is 17.5. The fourth-order valence-electron chi connectivity index (χ4n) is 3.22. The van der Waals surface area contributed by atoms with Crippen LogP contribution in [0, 0.1) is 6.92 Å². The van der Waals surface area contributed by atoms with Crippen molar-refractivity contribution in [2.75, 3.05) is 12.8 Å². The highest BCUT2D eigenvalue weighted by Gasteiger charge is 2.20. The van der Waals surface area contributed by atoms with Crippen LogP contribution in [0.25, 0.3) is 11.4 Å². The van der Waals surface area contributed by atoms with Gasteiger partial charge in [-0.3, -0.25) is 4.79 Å². The van der Waals surface area contributed by atoms with Gasteiger partial charge in [0.2, 0.25) is 5.91 Å². The van der Waals surface area contributed by atoms with Gasteiger partial charge < -0.3 is 9.47 Å². The van der Waals surface area contributed by atoms with Crippen molar-refractivity contribution in [2.45, 2.75) is 44.9 Å². The van der Waals surface area contributed by atoms with Crippen molar-refractivity contribution in [1.29, 1.82) is 0 Å². The molecule has 0 radical (unpaired) electrons. The average molecular weight is 409 g/mol. The predicted octanol–water partition coefficient (Wildman–Crippen LogP) is 4.98. The van der Waals surface area contributed by atoms with Gasteiger partial charge in [-0.2, -0.15) is 0 Å². The number of carbonyl (C=O) groups is 1. The van der Waals surface area contributed by atoms with Crippen LogP contribution in [0.2, 0.25) is 0 Å². The smallest absolute Gasteiger partial charge is 0.233 e. The summed E-state index contributed by atoms with van der Waals surface area (Å²) in [5.41, 5.74) is 3.37. The van der Waals surface area contributed by atoms with Crippen LogP contribution in [0.4, 0.5) is 0 Å². The van der Waals surface area contributed by atoms with Gasteiger partial charge in [-0.25, -0.2) is 0 Å². The summed E-state index contributed by atoms with van der Waals surface area (Å²) in [6.45, 7) is 7.08. The van der Waals surface area contributed by atoms with Gasteiger partial charge in [0.05, 0.1) is 11.8 Å². The summed E-state index contributed by atoms with van der Waals surface area (Å²) in [4.78, 5) is 14.6. The highest BCUT2D eigenvalue weighted by molar-refractivity contribution is 7.99. The van der Waals surface area contributed by atoms with Crippen molar-refractivity contribution in [3.63, 3.8) is 0 Å². The molecule has 0 unspecified atom stereocenters. The number of aromatic nitrogens is 3. The number of hydrogen-bond acceptors (Lipinski definition) is 4. The molecule has 152 valence electrons. The minimum atomic E-state index is 0.0284. The van der Waals surface area contributed by atoms with Gasteiger partial charge in [-0.15, -0.1) is 10.2 Å². The molecule has 6 heteroatoms. The SMILES string of the molecule is CCCn1c(SCC(=O)N(C)[C@@H](C)c2ccccc2)nnc1-c1cccc(C)c1. The van der Waals surface area contributed by atoms with E-state index in [2.05, 4.69) is 46.8 Å². The van der Waals surface area contributed by atoms with Crippen LogP contribution >= 0.6 is 11.8 Å². The Balaban J connectivity index is 1.72. The lowest BCUT2D eigenvalue weighted by molar-refractivity contribution is -0.128. The summed E-state index contributed by atoms with van der Waals surface area (Å²) in [7, 11) is 1.86.